The fraction of sp³-hybridized carbons (Fsp3) is 0.583. The van der Waals surface area contributed by atoms with E-state index < -0.39 is 5.95 Å². The molecule has 1 saturated carbocycles. The average Bonchev–Trinajstić information content (AvgIpc) is 2.50. The van der Waals surface area contributed by atoms with E-state index in [0.717, 1.165) is 5.69 Å². The quantitative estimate of drug-likeness (QED) is 0.595. The first-order chi connectivity index (χ1) is 7.34. The average molecular weight is 208 g/mol. The maximum Gasteiger partial charge on any atom is 0.212 e. The Morgan fingerprint density at radius 2 is 1.87 bits per heavy atom. The maximum atomic E-state index is 12.6. The summed E-state index contributed by atoms with van der Waals surface area (Å²) in [6.07, 6.45) is 9.30. The largest absolute Gasteiger partial charge is 0.381 e. The van der Waals surface area contributed by atoms with Gasteiger partial charge in [-0.2, -0.15) is 4.39 Å². The summed E-state index contributed by atoms with van der Waals surface area (Å²) in [5, 5.41) is 3.42. The molecule has 0 atom stereocenters. The van der Waals surface area contributed by atoms with Gasteiger partial charge in [0.1, 0.15) is 0 Å². The minimum Gasteiger partial charge on any atom is -0.381 e. The number of nitrogens with zero attached hydrogens (tertiary/aromatic N) is 1. The van der Waals surface area contributed by atoms with Crippen LogP contribution >= 0.6 is 0 Å². The van der Waals surface area contributed by atoms with Crippen LogP contribution in [0.25, 0.3) is 0 Å². The summed E-state index contributed by atoms with van der Waals surface area (Å²) in [7, 11) is 0. The van der Waals surface area contributed by atoms with Gasteiger partial charge in [0, 0.05) is 6.04 Å². The van der Waals surface area contributed by atoms with Crippen molar-refractivity contribution in [3.63, 3.8) is 0 Å². The Morgan fingerprint density at radius 1 is 1.13 bits per heavy atom. The molecule has 0 unspecified atom stereocenters. The first-order valence-electron chi connectivity index (χ1n) is 5.73. The fourth-order valence-electron chi connectivity index (χ4n) is 2.12. The van der Waals surface area contributed by atoms with Crippen LogP contribution in [0.1, 0.15) is 38.5 Å². The van der Waals surface area contributed by atoms with E-state index in [2.05, 4.69) is 10.3 Å². The van der Waals surface area contributed by atoms with Crippen LogP contribution in [0.15, 0.2) is 18.3 Å². The minimum atomic E-state index is -0.415. The van der Waals surface area contributed by atoms with Gasteiger partial charge in [-0.25, -0.2) is 4.98 Å². The van der Waals surface area contributed by atoms with E-state index in [1.807, 2.05) is 0 Å². The molecule has 0 radical (unpaired) electrons. The molecule has 1 aliphatic rings. The highest BCUT2D eigenvalue weighted by Crippen LogP contribution is 2.20. The molecule has 0 bridgehead atoms. The number of hydrogen-bond donors (Lipinski definition) is 1. The van der Waals surface area contributed by atoms with Crippen LogP contribution in [0.3, 0.4) is 0 Å². The van der Waals surface area contributed by atoms with E-state index in [1.165, 1.54) is 44.6 Å². The molecule has 2 rings (SSSR count). The molecule has 0 amide bonds. The Bertz CT molecular complexity index is 289. The second kappa shape index (κ2) is 5.10. The van der Waals surface area contributed by atoms with E-state index in [9.17, 15) is 4.39 Å². The highest BCUT2D eigenvalue weighted by Gasteiger charge is 2.11. The summed E-state index contributed by atoms with van der Waals surface area (Å²) < 4.78 is 12.6. The van der Waals surface area contributed by atoms with Crippen molar-refractivity contribution in [2.45, 2.75) is 44.6 Å². The molecule has 1 fully saturated rings. The second-order valence-corrected chi connectivity index (χ2v) is 4.20. The highest BCUT2D eigenvalue weighted by molar-refractivity contribution is 5.40. The van der Waals surface area contributed by atoms with Crippen LogP contribution in [0.2, 0.25) is 0 Å². The summed E-state index contributed by atoms with van der Waals surface area (Å²) >= 11 is 0. The zero-order valence-electron chi connectivity index (χ0n) is 8.88. The lowest BCUT2D eigenvalue weighted by atomic mass is 10.1. The van der Waals surface area contributed by atoms with Crippen molar-refractivity contribution in [3.8, 4) is 0 Å². The van der Waals surface area contributed by atoms with Crippen molar-refractivity contribution in [1.29, 1.82) is 0 Å². The molecule has 1 aliphatic carbocycles. The van der Waals surface area contributed by atoms with Crippen molar-refractivity contribution >= 4 is 5.69 Å². The third-order valence-corrected chi connectivity index (χ3v) is 2.95. The predicted octanol–water partition coefficient (Wildman–Crippen LogP) is 3.36. The third-order valence-electron chi connectivity index (χ3n) is 2.95. The van der Waals surface area contributed by atoms with E-state index in [4.69, 9.17) is 0 Å². The smallest absolute Gasteiger partial charge is 0.212 e. The Morgan fingerprint density at radius 3 is 2.47 bits per heavy atom. The lowest BCUT2D eigenvalue weighted by molar-refractivity contribution is 0.582. The van der Waals surface area contributed by atoms with Gasteiger partial charge in [-0.15, -0.1) is 0 Å². The van der Waals surface area contributed by atoms with Crippen LogP contribution in [-0.2, 0) is 0 Å². The van der Waals surface area contributed by atoms with E-state index in [-0.39, 0.29) is 0 Å². The van der Waals surface area contributed by atoms with Gasteiger partial charge in [0.05, 0.1) is 11.9 Å². The number of aromatic nitrogens is 1. The molecule has 3 heteroatoms. The first kappa shape index (κ1) is 10.4. The zero-order chi connectivity index (χ0) is 10.5. The number of hydrogen-bond acceptors (Lipinski definition) is 2. The van der Waals surface area contributed by atoms with Crippen LogP contribution < -0.4 is 5.32 Å². The summed E-state index contributed by atoms with van der Waals surface area (Å²) in [6.45, 7) is 0. The van der Waals surface area contributed by atoms with Gasteiger partial charge in [0.2, 0.25) is 5.95 Å². The molecule has 82 valence electrons. The molecular formula is C12H17FN2. The van der Waals surface area contributed by atoms with Crippen molar-refractivity contribution in [2.24, 2.45) is 0 Å². The monoisotopic (exact) mass is 208 g/mol. The standard InChI is InChI=1S/C12H17FN2/c13-12-8-7-11(9-14-12)15-10-5-3-1-2-4-6-10/h7-10,15H,1-6H2. The van der Waals surface area contributed by atoms with Crippen molar-refractivity contribution in [1.82, 2.24) is 4.98 Å². The van der Waals surface area contributed by atoms with Crippen molar-refractivity contribution < 1.29 is 4.39 Å². The molecule has 0 spiro atoms. The van der Waals surface area contributed by atoms with Crippen molar-refractivity contribution in [2.75, 3.05) is 5.32 Å². The normalized spacial score (nSPS) is 18.5. The molecule has 15 heavy (non-hydrogen) atoms. The van der Waals surface area contributed by atoms with Gasteiger partial charge in [0.25, 0.3) is 0 Å². The Balaban J connectivity index is 1.92. The van der Waals surface area contributed by atoms with Crippen LogP contribution in [0, 0.1) is 5.95 Å². The Hall–Kier alpha value is -1.12. The zero-order valence-corrected chi connectivity index (χ0v) is 8.88. The van der Waals surface area contributed by atoms with Crippen LogP contribution in [0.5, 0.6) is 0 Å². The summed E-state index contributed by atoms with van der Waals surface area (Å²) in [5.74, 6) is -0.415. The van der Waals surface area contributed by atoms with Crippen LogP contribution in [0.4, 0.5) is 10.1 Å². The summed E-state index contributed by atoms with van der Waals surface area (Å²) in [4.78, 5) is 3.64. The predicted molar refractivity (Wildman–Crippen MR) is 59.3 cm³/mol. The summed E-state index contributed by atoms with van der Waals surface area (Å²) in [5.41, 5.74) is 0.934. The number of anilines is 1. The highest BCUT2D eigenvalue weighted by atomic mass is 19.1. The van der Waals surface area contributed by atoms with E-state index >= 15 is 0 Å². The molecule has 1 aromatic rings. The molecule has 1 aromatic heterocycles. The number of nitrogens with one attached hydrogen (secondary N) is 1. The van der Waals surface area contributed by atoms with Gasteiger partial charge in [0.15, 0.2) is 0 Å². The Kier molecular flexibility index (Phi) is 3.54. The molecule has 0 aliphatic heterocycles. The van der Waals surface area contributed by atoms with Gasteiger partial charge >= 0.3 is 0 Å². The SMILES string of the molecule is Fc1ccc(NC2CCCCCC2)cn1. The molecule has 1 N–H and O–H groups in total. The number of pyridine rings is 1. The first-order valence-corrected chi connectivity index (χ1v) is 5.73. The molecule has 0 aromatic carbocycles. The number of rotatable bonds is 2. The maximum absolute atomic E-state index is 12.6. The lowest BCUT2D eigenvalue weighted by Gasteiger charge is -2.17. The van der Waals surface area contributed by atoms with Crippen LogP contribution in [-0.4, -0.2) is 11.0 Å². The summed E-state index contributed by atoms with van der Waals surface area (Å²) in [6, 6.07) is 3.70. The van der Waals surface area contributed by atoms with E-state index in [1.54, 1.807) is 12.3 Å². The van der Waals surface area contributed by atoms with E-state index in [0.29, 0.717) is 6.04 Å². The van der Waals surface area contributed by atoms with Gasteiger partial charge in [-0.1, -0.05) is 25.7 Å². The molecule has 0 saturated heterocycles. The molecule has 1 heterocycles. The lowest BCUT2D eigenvalue weighted by Crippen LogP contribution is -2.18. The fourth-order valence-corrected chi connectivity index (χ4v) is 2.12. The molecule has 2 nitrogen and oxygen atoms in total. The van der Waals surface area contributed by atoms with Gasteiger partial charge < -0.3 is 5.32 Å². The topological polar surface area (TPSA) is 24.9 Å². The van der Waals surface area contributed by atoms with Gasteiger partial charge in [-0.3, -0.25) is 0 Å². The number of halogens is 1. The Labute approximate surface area is 89.9 Å². The molecular weight excluding hydrogens is 191 g/mol. The van der Waals surface area contributed by atoms with Crippen molar-refractivity contribution in [3.05, 3.63) is 24.3 Å². The van der Waals surface area contributed by atoms with Gasteiger partial charge in [-0.05, 0) is 25.0 Å². The second-order valence-electron chi connectivity index (χ2n) is 4.20. The third kappa shape index (κ3) is 3.18. The minimum absolute atomic E-state index is 0.415.